The summed E-state index contributed by atoms with van der Waals surface area (Å²) in [5.41, 5.74) is -0.714. The predicted octanol–water partition coefficient (Wildman–Crippen LogP) is 3.28. The van der Waals surface area contributed by atoms with Crippen LogP contribution < -0.4 is 15.4 Å². The first-order valence-electron chi connectivity index (χ1n) is 6.72. The maximum atomic E-state index is 12.5. The summed E-state index contributed by atoms with van der Waals surface area (Å²) >= 11 is 0. The van der Waals surface area contributed by atoms with Crippen molar-refractivity contribution in [1.29, 1.82) is 0 Å². The second-order valence-corrected chi connectivity index (χ2v) is 4.30. The van der Waals surface area contributed by atoms with Crippen molar-refractivity contribution < 1.29 is 17.9 Å². The fraction of sp³-hybridized carbons (Fsp3) is 0.500. The molecule has 0 spiro atoms. The van der Waals surface area contributed by atoms with Gasteiger partial charge in [-0.2, -0.15) is 13.2 Å². The average Bonchev–Trinajstić information content (AvgIpc) is 2.46. The predicted molar refractivity (Wildman–Crippen MR) is 92.0 cm³/mol. The molecule has 126 valence electrons. The highest BCUT2D eigenvalue weighted by Gasteiger charge is 2.30. The summed E-state index contributed by atoms with van der Waals surface area (Å²) in [5, 5.41) is 6.09. The van der Waals surface area contributed by atoms with E-state index >= 15 is 0 Å². The van der Waals surface area contributed by atoms with Crippen LogP contribution in [0.25, 0.3) is 0 Å². The van der Waals surface area contributed by atoms with Gasteiger partial charge in [0.1, 0.15) is 12.4 Å². The third-order valence-electron chi connectivity index (χ3n) is 2.59. The Balaban J connectivity index is 0.00000441. The molecule has 0 aromatic heterocycles. The molecule has 0 atom stereocenters. The maximum absolute atomic E-state index is 12.5. The molecule has 8 heteroatoms. The van der Waals surface area contributed by atoms with Crippen LogP contribution in [-0.4, -0.2) is 32.7 Å². The van der Waals surface area contributed by atoms with Gasteiger partial charge in [-0.3, -0.25) is 4.99 Å². The molecule has 0 aliphatic carbocycles. The Kier molecular flexibility index (Phi) is 9.95. The third-order valence-corrected chi connectivity index (χ3v) is 2.59. The Bertz CT molecular complexity index is 467. The van der Waals surface area contributed by atoms with Crippen LogP contribution in [0.2, 0.25) is 0 Å². The van der Waals surface area contributed by atoms with Crippen LogP contribution >= 0.6 is 24.0 Å². The van der Waals surface area contributed by atoms with Crippen molar-refractivity contribution in [1.82, 2.24) is 10.6 Å². The van der Waals surface area contributed by atoms with E-state index in [4.69, 9.17) is 4.74 Å². The van der Waals surface area contributed by atoms with E-state index in [1.165, 1.54) is 12.1 Å². The Morgan fingerprint density at radius 1 is 1.23 bits per heavy atom. The van der Waals surface area contributed by atoms with E-state index in [1.807, 2.05) is 6.92 Å². The van der Waals surface area contributed by atoms with Crippen molar-refractivity contribution in [3.8, 4) is 5.75 Å². The minimum Gasteiger partial charge on any atom is -0.492 e. The minimum atomic E-state index is -4.36. The molecule has 0 fully saturated rings. The van der Waals surface area contributed by atoms with Crippen LogP contribution in [0.4, 0.5) is 13.2 Å². The number of guanidine groups is 1. The standard InChI is InChI=1S/C14H20F3N3O.HI/c1-3-7-19-13(18-2)20-8-9-21-12-6-4-5-11(10-12)14(15,16)17;/h4-6,10H,3,7-9H2,1-2H3,(H2,18,19,20);1H. The first-order chi connectivity index (χ1) is 9.97. The molecule has 0 bridgehead atoms. The lowest BCUT2D eigenvalue weighted by Gasteiger charge is -2.13. The second kappa shape index (κ2) is 10.5. The number of nitrogens with one attached hydrogen (secondary N) is 2. The molecule has 0 aliphatic heterocycles. The van der Waals surface area contributed by atoms with Crippen molar-refractivity contribution in [2.75, 3.05) is 26.7 Å². The number of rotatable bonds is 6. The molecule has 0 saturated heterocycles. The zero-order chi connectivity index (χ0) is 15.7. The van der Waals surface area contributed by atoms with Crippen molar-refractivity contribution in [3.63, 3.8) is 0 Å². The highest BCUT2D eigenvalue weighted by Crippen LogP contribution is 2.31. The molecule has 22 heavy (non-hydrogen) atoms. The number of ether oxygens (including phenoxy) is 1. The molecular weight excluding hydrogens is 410 g/mol. The highest BCUT2D eigenvalue weighted by molar-refractivity contribution is 14.0. The molecule has 0 radical (unpaired) electrons. The van der Waals surface area contributed by atoms with E-state index in [9.17, 15) is 13.2 Å². The maximum Gasteiger partial charge on any atom is 0.416 e. The third kappa shape index (κ3) is 7.71. The smallest absolute Gasteiger partial charge is 0.416 e. The summed E-state index contributed by atoms with van der Waals surface area (Å²) in [6.07, 6.45) is -3.38. The largest absolute Gasteiger partial charge is 0.492 e. The van der Waals surface area contributed by atoms with E-state index < -0.39 is 11.7 Å². The van der Waals surface area contributed by atoms with Crippen molar-refractivity contribution in [2.24, 2.45) is 4.99 Å². The Morgan fingerprint density at radius 2 is 1.91 bits per heavy atom. The number of aliphatic imine (C=N–C) groups is 1. The van der Waals surface area contributed by atoms with Crippen LogP contribution in [0.1, 0.15) is 18.9 Å². The molecule has 0 saturated carbocycles. The van der Waals surface area contributed by atoms with Gasteiger partial charge < -0.3 is 15.4 Å². The summed E-state index contributed by atoms with van der Waals surface area (Å²) in [6.45, 7) is 3.53. The summed E-state index contributed by atoms with van der Waals surface area (Å²) in [7, 11) is 1.65. The van der Waals surface area contributed by atoms with E-state index in [0.29, 0.717) is 12.5 Å². The average molecular weight is 431 g/mol. The molecule has 1 aromatic carbocycles. The lowest BCUT2D eigenvalue weighted by Crippen LogP contribution is -2.39. The lowest BCUT2D eigenvalue weighted by atomic mass is 10.2. The van der Waals surface area contributed by atoms with Gasteiger partial charge in [-0.1, -0.05) is 13.0 Å². The highest BCUT2D eigenvalue weighted by atomic mass is 127. The molecule has 0 amide bonds. The van der Waals surface area contributed by atoms with Gasteiger partial charge in [0.05, 0.1) is 12.1 Å². The number of nitrogens with zero attached hydrogens (tertiary/aromatic N) is 1. The lowest BCUT2D eigenvalue weighted by molar-refractivity contribution is -0.137. The van der Waals surface area contributed by atoms with Gasteiger partial charge in [0, 0.05) is 13.6 Å². The summed E-state index contributed by atoms with van der Waals surface area (Å²) in [6, 6.07) is 4.83. The molecule has 0 aliphatic rings. The van der Waals surface area contributed by atoms with E-state index in [1.54, 1.807) is 7.05 Å². The molecule has 0 heterocycles. The van der Waals surface area contributed by atoms with E-state index in [2.05, 4.69) is 15.6 Å². The van der Waals surface area contributed by atoms with Crippen molar-refractivity contribution in [3.05, 3.63) is 29.8 Å². The van der Waals surface area contributed by atoms with Crippen molar-refractivity contribution in [2.45, 2.75) is 19.5 Å². The fourth-order valence-corrected chi connectivity index (χ4v) is 1.56. The van der Waals surface area contributed by atoms with E-state index in [0.717, 1.165) is 25.1 Å². The Morgan fingerprint density at radius 3 is 2.50 bits per heavy atom. The zero-order valence-electron chi connectivity index (χ0n) is 12.5. The van der Waals surface area contributed by atoms with Crippen LogP contribution in [0.5, 0.6) is 5.75 Å². The second-order valence-electron chi connectivity index (χ2n) is 4.30. The summed E-state index contributed by atoms with van der Waals surface area (Å²) < 4.78 is 42.9. The molecule has 0 unspecified atom stereocenters. The quantitative estimate of drug-likeness (QED) is 0.315. The molecular formula is C14H21F3IN3O. The van der Waals surface area contributed by atoms with Gasteiger partial charge in [-0.25, -0.2) is 0 Å². The van der Waals surface area contributed by atoms with Crippen LogP contribution in [0, 0.1) is 0 Å². The molecule has 1 aromatic rings. The monoisotopic (exact) mass is 431 g/mol. The SMILES string of the molecule is CCCNC(=NC)NCCOc1cccc(C(F)(F)F)c1.I. The topological polar surface area (TPSA) is 45.7 Å². The number of benzene rings is 1. The van der Waals surface area contributed by atoms with Gasteiger partial charge >= 0.3 is 6.18 Å². The number of hydrogen-bond acceptors (Lipinski definition) is 2. The number of alkyl halides is 3. The van der Waals surface area contributed by atoms with Gasteiger partial charge in [0.15, 0.2) is 5.96 Å². The van der Waals surface area contributed by atoms with Gasteiger partial charge in [0.2, 0.25) is 0 Å². The number of hydrogen-bond donors (Lipinski definition) is 2. The fourth-order valence-electron chi connectivity index (χ4n) is 1.56. The van der Waals surface area contributed by atoms with Gasteiger partial charge in [-0.15, -0.1) is 24.0 Å². The Hall–Kier alpha value is -1.19. The summed E-state index contributed by atoms with van der Waals surface area (Å²) in [5.74, 6) is 0.840. The van der Waals surface area contributed by atoms with Crippen LogP contribution in [-0.2, 0) is 6.18 Å². The number of halogens is 4. The van der Waals surface area contributed by atoms with Crippen LogP contribution in [0.3, 0.4) is 0 Å². The van der Waals surface area contributed by atoms with E-state index in [-0.39, 0.29) is 36.3 Å². The molecule has 2 N–H and O–H groups in total. The molecule has 4 nitrogen and oxygen atoms in total. The first-order valence-corrected chi connectivity index (χ1v) is 6.72. The molecule has 1 rings (SSSR count). The van der Waals surface area contributed by atoms with Gasteiger partial charge in [0.25, 0.3) is 0 Å². The zero-order valence-corrected chi connectivity index (χ0v) is 14.9. The first kappa shape index (κ1) is 20.8. The Labute approximate surface area is 145 Å². The van der Waals surface area contributed by atoms with Crippen molar-refractivity contribution >= 4 is 29.9 Å². The summed E-state index contributed by atoms with van der Waals surface area (Å²) in [4.78, 5) is 4.01. The van der Waals surface area contributed by atoms with Gasteiger partial charge in [-0.05, 0) is 24.6 Å². The normalized spacial score (nSPS) is 11.6. The van der Waals surface area contributed by atoms with Crippen LogP contribution in [0.15, 0.2) is 29.3 Å². The minimum absolute atomic E-state index is 0.